The van der Waals surface area contributed by atoms with Crippen LogP contribution in [0.1, 0.15) is 0 Å². The van der Waals surface area contributed by atoms with Gasteiger partial charge in [-0.2, -0.15) is 0 Å². The molecule has 1 aromatic heterocycles. The van der Waals surface area contributed by atoms with Gasteiger partial charge in [0.1, 0.15) is 0 Å². The van der Waals surface area contributed by atoms with Crippen LogP contribution in [0.3, 0.4) is 0 Å². The molecule has 0 fully saturated rings. The van der Waals surface area contributed by atoms with Crippen LogP contribution in [0.2, 0.25) is 0 Å². The lowest BCUT2D eigenvalue weighted by molar-refractivity contribution is -0.123. The molecule has 0 atom stereocenters. The van der Waals surface area contributed by atoms with Crippen LogP contribution >= 0.6 is 27.7 Å². The van der Waals surface area contributed by atoms with E-state index in [0.717, 1.165) is 21.8 Å². The van der Waals surface area contributed by atoms with Crippen molar-refractivity contribution >= 4 is 39.5 Å². The molecule has 0 spiro atoms. The van der Waals surface area contributed by atoms with Gasteiger partial charge < -0.3 is 15.5 Å². The van der Waals surface area contributed by atoms with Crippen LogP contribution in [0.5, 0.6) is 0 Å². The zero-order chi connectivity index (χ0) is 15.2. The second-order valence-corrected chi connectivity index (χ2v) is 5.76. The van der Waals surface area contributed by atoms with E-state index in [4.69, 9.17) is 10.2 Å². The number of nitrogens with one attached hydrogen (secondary N) is 1. The first-order valence-electron chi connectivity index (χ1n) is 5.82. The summed E-state index contributed by atoms with van der Waals surface area (Å²) in [6.45, 7) is -0.188. The van der Waals surface area contributed by atoms with Crippen molar-refractivity contribution in [2.75, 3.05) is 12.3 Å². The zero-order valence-electron chi connectivity index (χ0n) is 10.7. The van der Waals surface area contributed by atoms with Crippen molar-refractivity contribution in [1.82, 2.24) is 15.5 Å². The van der Waals surface area contributed by atoms with E-state index < -0.39 is 5.91 Å². The van der Waals surface area contributed by atoms with Gasteiger partial charge in [-0.05, 0) is 18.2 Å². The molecule has 110 valence electrons. The molecule has 2 aromatic rings. The third kappa shape index (κ3) is 4.87. The van der Waals surface area contributed by atoms with E-state index in [2.05, 4.69) is 31.4 Å². The highest BCUT2D eigenvalue weighted by Crippen LogP contribution is 2.25. The molecule has 0 aliphatic carbocycles. The van der Waals surface area contributed by atoms with E-state index in [0.29, 0.717) is 5.89 Å². The first kappa shape index (κ1) is 15.5. The van der Waals surface area contributed by atoms with Gasteiger partial charge in [0.15, 0.2) is 0 Å². The third-order valence-electron chi connectivity index (χ3n) is 2.26. The molecule has 1 aromatic carbocycles. The largest absolute Gasteiger partial charge is 0.411 e. The number of nitrogens with two attached hydrogens (primary N) is 1. The summed E-state index contributed by atoms with van der Waals surface area (Å²) >= 11 is 4.44. The standard InChI is InChI=1S/C12H11BrN4O3S/c13-8-3-1-2-7(4-8)11-16-17-12(20-11)21-6-10(19)15-5-9(14)18/h1-4H,5-6H2,(H2,14,18)(H,15,19). The van der Waals surface area contributed by atoms with Crippen molar-refractivity contribution in [3.63, 3.8) is 0 Å². The van der Waals surface area contributed by atoms with Crippen LogP contribution in [0.15, 0.2) is 38.4 Å². The van der Waals surface area contributed by atoms with E-state index in [-0.39, 0.29) is 23.4 Å². The van der Waals surface area contributed by atoms with Gasteiger partial charge in [0.05, 0.1) is 12.3 Å². The SMILES string of the molecule is NC(=O)CNC(=O)CSc1nnc(-c2cccc(Br)c2)o1. The molecule has 0 aliphatic rings. The van der Waals surface area contributed by atoms with Crippen molar-refractivity contribution in [2.45, 2.75) is 5.22 Å². The van der Waals surface area contributed by atoms with Gasteiger partial charge in [-0.1, -0.05) is 33.8 Å². The predicted octanol–water partition coefficient (Wildman–Crippen LogP) is 1.19. The van der Waals surface area contributed by atoms with E-state index in [1.54, 1.807) is 0 Å². The molecule has 7 nitrogen and oxygen atoms in total. The maximum atomic E-state index is 11.4. The second kappa shape index (κ2) is 7.23. The Kier molecular flexibility index (Phi) is 5.34. The molecule has 0 unspecified atom stereocenters. The Hall–Kier alpha value is -1.87. The number of thioether (sulfide) groups is 1. The van der Waals surface area contributed by atoms with E-state index in [1.807, 2.05) is 24.3 Å². The molecule has 3 N–H and O–H groups in total. The number of hydrogen-bond acceptors (Lipinski definition) is 6. The van der Waals surface area contributed by atoms with Crippen LogP contribution in [0.4, 0.5) is 0 Å². The highest BCUT2D eigenvalue weighted by Gasteiger charge is 2.11. The average Bonchev–Trinajstić information content (AvgIpc) is 2.92. The molecule has 0 saturated heterocycles. The van der Waals surface area contributed by atoms with E-state index in [1.165, 1.54) is 0 Å². The fourth-order valence-electron chi connectivity index (χ4n) is 1.37. The number of benzene rings is 1. The summed E-state index contributed by atoms with van der Waals surface area (Å²) in [7, 11) is 0. The Morgan fingerprint density at radius 3 is 2.90 bits per heavy atom. The van der Waals surface area contributed by atoms with Gasteiger partial charge in [0, 0.05) is 10.0 Å². The number of nitrogens with zero attached hydrogens (tertiary/aromatic N) is 2. The van der Waals surface area contributed by atoms with Crippen LogP contribution in [-0.2, 0) is 9.59 Å². The van der Waals surface area contributed by atoms with Crippen LogP contribution in [-0.4, -0.2) is 34.3 Å². The van der Waals surface area contributed by atoms with Crippen LogP contribution < -0.4 is 11.1 Å². The molecule has 0 saturated carbocycles. The van der Waals surface area contributed by atoms with Gasteiger partial charge >= 0.3 is 0 Å². The zero-order valence-corrected chi connectivity index (χ0v) is 13.1. The summed E-state index contributed by atoms with van der Waals surface area (Å²) in [5, 5.41) is 10.4. The molecule has 9 heteroatoms. The first-order valence-corrected chi connectivity index (χ1v) is 7.59. The Morgan fingerprint density at radius 1 is 1.38 bits per heavy atom. The van der Waals surface area contributed by atoms with Crippen LogP contribution in [0, 0.1) is 0 Å². The number of carbonyl (C=O) groups is 2. The Balaban J connectivity index is 1.92. The highest BCUT2D eigenvalue weighted by molar-refractivity contribution is 9.10. The van der Waals surface area contributed by atoms with Gasteiger partial charge in [-0.15, -0.1) is 10.2 Å². The third-order valence-corrected chi connectivity index (χ3v) is 3.58. The fourth-order valence-corrected chi connectivity index (χ4v) is 2.36. The minimum Gasteiger partial charge on any atom is -0.411 e. The molecular weight excluding hydrogens is 360 g/mol. The van der Waals surface area contributed by atoms with E-state index >= 15 is 0 Å². The summed E-state index contributed by atoms with van der Waals surface area (Å²) in [5.74, 6) is -0.492. The predicted molar refractivity (Wildman–Crippen MR) is 80.4 cm³/mol. The molecule has 2 amide bonds. The molecule has 2 rings (SSSR count). The lowest BCUT2D eigenvalue weighted by Crippen LogP contribution is -2.34. The van der Waals surface area contributed by atoms with Gasteiger partial charge in [0.2, 0.25) is 17.7 Å². The summed E-state index contributed by atoms with van der Waals surface area (Å²) < 4.78 is 6.35. The second-order valence-electron chi connectivity index (χ2n) is 3.92. The molecule has 0 aliphatic heterocycles. The quantitative estimate of drug-likeness (QED) is 0.738. The van der Waals surface area contributed by atoms with E-state index in [9.17, 15) is 9.59 Å². The topological polar surface area (TPSA) is 111 Å². The summed E-state index contributed by atoms with van der Waals surface area (Å²) in [4.78, 5) is 21.9. The Bertz CT molecular complexity index is 661. The number of hydrogen-bond donors (Lipinski definition) is 2. The maximum absolute atomic E-state index is 11.4. The van der Waals surface area contributed by atoms with Crippen molar-refractivity contribution in [2.24, 2.45) is 5.73 Å². The minimum absolute atomic E-state index is 0.0629. The number of halogens is 1. The average molecular weight is 371 g/mol. The smallest absolute Gasteiger partial charge is 0.277 e. The number of aromatic nitrogens is 2. The highest BCUT2D eigenvalue weighted by atomic mass is 79.9. The number of rotatable bonds is 6. The summed E-state index contributed by atoms with van der Waals surface area (Å²) in [6.07, 6.45) is 0. The van der Waals surface area contributed by atoms with Crippen LogP contribution in [0.25, 0.3) is 11.5 Å². The molecule has 0 bridgehead atoms. The van der Waals surface area contributed by atoms with Crippen molar-refractivity contribution in [1.29, 1.82) is 0 Å². The first-order chi connectivity index (χ1) is 10.0. The molecule has 21 heavy (non-hydrogen) atoms. The molecular formula is C12H11BrN4O3S. The maximum Gasteiger partial charge on any atom is 0.277 e. The minimum atomic E-state index is -0.594. The van der Waals surface area contributed by atoms with Gasteiger partial charge in [0.25, 0.3) is 5.22 Å². The summed E-state index contributed by atoms with van der Waals surface area (Å²) in [5.41, 5.74) is 5.70. The number of carbonyl (C=O) groups excluding carboxylic acids is 2. The van der Waals surface area contributed by atoms with Gasteiger partial charge in [-0.3, -0.25) is 9.59 Å². The Labute approximate surface area is 132 Å². The van der Waals surface area contributed by atoms with Crippen molar-refractivity contribution in [3.8, 4) is 11.5 Å². The number of amides is 2. The van der Waals surface area contributed by atoms with Gasteiger partial charge in [-0.25, -0.2) is 0 Å². The number of primary amides is 1. The molecule has 1 heterocycles. The molecule has 0 radical (unpaired) electrons. The summed E-state index contributed by atoms with van der Waals surface area (Å²) in [6, 6.07) is 7.43. The Morgan fingerprint density at radius 2 is 2.19 bits per heavy atom. The normalized spacial score (nSPS) is 10.3. The van der Waals surface area contributed by atoms with Crippen molar-refractivity contribution < 1.29 is 14.0 Å². The lowest BCUT2D eigenvalue weighted by Gasteiger charge is -1.99. The fraction of sp³-hybridized carbons (Fsp3) is 0.167. The lowest BCUT2D eigenvalue weighted by atomic mass is 10.2. The van der Waals surface area contributed by atoms with Crippen molar-refractivity contribution in [3.05, 3.63) is 28.7 Å². The monoisotopic (exact) mass is 370 g/mol.